The van der Waals surface area contributed by atoms with Gasteiger partial charge in [0.15, 0.2) is 6.04 Å². The van der Waals surface area contributed by atoms with Crippen LogP contribution < -0.4 is 5.32 Å². The van der Waals surface area contributed by atoms with Crippen molar-refractivity contribution in [3.8, 4) is 0 Å². The van der Waals surface area contributed by atoms with Gasteiger partial charge in [0.05, 0.1) is 6.54 Å². The summed E-state index contributed by atoms with van der Waals surface area (Å²) < 4.78 is 0. The van der Waals surface area contributed by atoms with Crippen LogP contribution in [0.25, 0.3) is 0 Å². The number of carboxylic acid groups (broad SMARTS) is 1. The molecule has 0 bridgehead atoms. The van der Waals surface area contributed by atoms with Crippen LogP contribution in [0.4, 0.5) is 0 Å². The smallest absolute Gasteiger partial charge is 0.331 e. The van der Waals surface area contributed by atoms with Crippen molar-refractivity contribution in [1.29, 1.82) is 0 Å². The number of thiophene rings is 1. The second kappa shape index (κ2) is 5.49. The second-order valence-corrected chi connectivity index (χ2v) is 5.16. The quantitative estimate of drug-likeness (QED) is 0.850. The number of rotatable bonds is 4. The Morgan fingerprint density at radius 1 is 1.61 bits per heavy atom. The highest BCUT2D eigenvalue weighted by Gasteiger charge is 2.36. The predicted octanol–water partition coefficient (Wildman–Crippen LogP) is 0.868. The molecule has 6 heteroatoms. The normalized spacial score (nSPS) is 18.5. The van der Waals surface area contributed by atoms with Crippen molar-refractivity contribution < 1.29 is 14.7 Å². The summed E-state index contributed by atoms with van der Waals surface area (Å²) in [5, 5.41) is 14.2. The van der Waals surface area contributed by atoms with Gasteiger partial charge < -0.3 is 15.3 Å². The summed E-state index contributed by atoms with van der Waals surface area (Å²) in [6.45, 7) is 3.28. The molecule has 1 amide bonds. The summed E-state index contributed by atoms with van der Waals surface area (Å²) >= 11 is 1.56. The van der Waals surface area contributed by atoms with E-state index < -0.39 is 12.0 Å². The molecular weight excluding hydrogens is 252 g/mol. The molecule has 5 nitrogen and oxygen atoms in total. The molecule has 0 saturated heterocycles. The third-order valence-electron chi connectivity index (χ3n) is 3.05. The number of carbonyl (C=O) groups is 2. The fourth-order valence-electron chi connectivity index (χ4n) is 2.18. The van der Waals surface area contributed by atoms with Crippen LogP contribution in [0.2, 0.25) is 0 Å². The maximum Gasteiger partial charge on any atom is 0.331 e. The van der Waals surface area contributed by atoms with Crippen LogP contribution in [0, 0.1) is 0 Å². The number of hydrogen-bond donors (Lipinski definition) is 2. The zero-order valence-electron chi connectivity index (χ0n) is 10.2. The van der Waals surface area contributed by atoms with Crippen LogP contribution >= 0.6 is 11.3 Å². The lowest BCUT2D eigenvalue weighted by atomic mass is 10.00. The summed E-state index contributed by atoms with van der Waals surface area (Å²) in [7, 11) is 0. The van der Waals surface area contributed by atoms with Crippen molar-refractivity contribution >= 4 is 23.2 Å². The highest BCUT2D eigenvalue weighted by atomic mass is 32.1. The molecule has 2 heterocycles. The zero-order chi connectivity index (χ0) is 13.1. The number of carbonyl (C=O) groups excluding carboxylic acids is 1. The molecular formula is C12H16N2O3S. The fourth-order valence-corrected chi connectivity index (χ4v) is 3.09. The third kappa shape index (κ3) is 2.39. The van der Waals surface area contributed by atoms with E-state index in [2.05, 4.69) is 5.32 Å². The van der Waals surface area contributed by atoms with Crippen LogP contribution in [0.5, 0.6) is 0 Å². The lowest BCUT2D eigenvalue weighted by molar-refractivity contribution is -0.150. The molecule has 1 atom stereocenters. The number of likely N-dealkylation sites (N-methyl/N-ethyl adjacent to an activating group) is 1. The maximum atomic E-state index is 12.0. The average molecular weight is 268 g/mol. The van der Waals surface area contributed by atoms with Crippen molar-refractivity contribution in [1.82, 2.24) is 10.2 Å². The molecule has 1 aliphatic heterocycles. The Balaban J connectivity index is 2.21. The summed E-state index contributed by atoms with van der Waals surface area (Å²) in [6.07, 6.45) is 0.745. The number of carboxylic acids is 1. The minimum absolute atomic E-state index is 0.152. The lowest BCUT2D eigenvalue weighted by Crippen LogP contribution is -2.46. The maximum absolute atomic E-state index is 12.0. The van der Waals surface area contributed by atoms with E-state index in [4.69, 9.17) is 0 Å². The standard InChI is InChI=1S/C12H16N2O3S/c1-2-13-7-10(15)14-5-3-9-8(4-6-18-9)11(14)12(16)17/h4,6,11,13H,2-3,5,7H2,1H3,(H,16,17). The Bertz CT molecular complexity index is 458. The predicted molar refractivity (Wildman–Crippen MR) is 68.7 cm³/mol. The number of amides is 1. The number of nitrogens with zero attached hydrogens (tertiary/aromatic N) is 1. The van der Waals surface area contributed by atoms with Crippen molar-refractivity contribution in [2.24, 2.45) is 0 Å². The molecule has 0 saturated carbocycles. The van der Waals surface area contributed by atoms with E-state index in [9.17, 15) is 14.7 Å². The molecule has 1 aromatic rings. The van der Waals surface area contributed by atoms with Gasteiger partial charge in [-0.1, -0.05) is 6.92 Å². The number of nitrogens with one attached hydrogen (secondary N) is 1. The molecule has 2 N–H and O–H groups in total. The van der Waals surface area contributed by atoms with Crippen LogP contribution in [0.1, 0.15) is 23.4 Å². The van der Waals surface area contributed by atoms with E-state index in [1.165, 1.54) is 4.90 Å². The molecule has 0 radical (unpaired) electrons. The molecule has 0 fully saturated rings. The SMILES string of the molecule is CCNCC(=O)N1CCc2sccc2C1C(=O)O. The minimum atomic E-state index is -0.959. The number of aliphatic carboxylic acids is 1. The van der Waals surface area contributed by atoms with Crippen LogP contribution in [-0.2, 0) is 16.0 Å². The summed E-state index contributed by atoms with van der Waals surface area (Å²) in [5.74, 6) is -1.11. The zero-order valence-corrected chi connectivity index (χ0v) is 11.0. The van der Waals surface area contributed by atoms with Crippen LogP contribution in [0.15, 0.2) is 11.4 Å². The largest absolute Gasteiger partial charge is 0.479 e. The fraction of sp³-hybridized carbons (Fsp3) is 0.500. The lowest BCUT2D eigenvalue weighted by Gasteiger charge is -2.33. The molecule has 1 aliphatic rings. The van der Waals surface area contributed by atoms with Crippen molar-refractivity contribution in [2.75, 3.05) is 19.6 Å². The van der Waals surface area contributed by atoms with Gasteiger partial charge in [-0.3, -0.25) is 4.79 Å². The van der Waals surface area contributed by atoms with E-state index in [1.807, 2.05) is 18.4 Å². The molecule has 0 aromatic carbocycles. The first-order chi connectivity index (χ1) is 8.65. The Morgan fingerprint density at radius 3 is 3.06 bits per heavy atom. The second-order valence-electron chi connectivity index (χ2n) is 4.16. The molecule has 0 spiro atoms. The highest BCUT2D eigenvalue weighted by Crippen LogP contribution is 2.33. The first-order valence-corrected chi connectivity index (χ1v) is 6.82. The van der Waals surface area contributed by atoms with E-state index in [1.54, 1.807) is 11.3 Å². The van der Waals surface area contributed by atoms with Crippen molar-refractivity contribution in [3.63, 3.8) is 0 Å². The van der Waals surface area contributed by atoms with Gasteiger partial charge in [-0.2, -0.15) is 0 Å². The summed E-state index contributed by atoms with van der Waals surface area (Å²) in [6, 6.07) is 0.983. The van der Waals surface area contributed by atoms with Crippen molar-refractivity contribution in [2.45, 2.75) is 19.4 Å². The Hall–Kier alpha value is -1.40. The number of fused-ring (bicyclic) bond motifs is 1. The van der Waals surface area contributed by atoms with Gasteiger partial charge in [0.2, 0.25) is 5.91 Å². The van der Waals surface area contributed by atoms with E-state index in [0.29, 0.717) is 13.1 Å². The molecule has 1 unspecified atom stereocenters. The first-order valence-electron chi connectivity index (χ1n) is 5.94. The highest BCUT2D eigenvalue weighted by molar-refractivity contribution is 7.10. The van der Waals surface area contributed by atoms with Gasteiger partial charge >= 0.3 is 5.97 Å². The average Bonchev–Trinajstić information content (AvgIpc) is 2.82. The van der Waals surface area contributed by atoms with Gasteiger partial charge in [-0.05, 0) is 30.0 Å². The topological polar surface area (TPSA) is 69.6 Å². The van der Waals surface area contributed by atoms with Crippen LogP contribution in [-0.4, -0.2) is 41.5 Å². The van der Waals surface area contributed by atoms with E-state index in [0.717, 1.165) is 16.9 Å². The third-order valence-corrected chi connectivity index (χ3v) is 4.04. The van der Waals surface area contributed by atoms with E-state index in [-0.39, 0.29) is 12.5 Å². The summed E-state index contributed by atoms with van der Waals surface area (Å²) in [5.41, 5.74) is 0.767. The molecule has 0 aliphatic carbocycles. The molecule has 98 valence electrons. The van der Waals surface area contributed by atoms with Gasteiger partial charge in [0.1, 0.15) is 0 Å². The molecule has 2 rings (SSSR count). The van der Waals surface area contributed by atoms with Gasteiger partial charge in [-0.15, -0.1) is 11.3 Å². The van der Waals surface area contributed by atoms with Crippen molar-refractivity contribution in [3.05, 3.63) is 21.9 Å². The Morgan fingerprint density at radius 2 is 2.39 bits per heavy atom. The van der Waals surface area contributed by atoms with Gasteiger partial charge in [0.25, 0.3) is 0 Å². The Kier molecular flexibility index (Phi) is 3.98. The molecule has 1 aromatic heterocycles. The monoisotopic (exact) mass is 268 g/mol. The van der Waals surface area contributed by atoms with E-state index >= 15 is 0 Å². The number of hydrogen-bond acceptors (Lipinski definition) is 4. The minimum Gasteiger partial charge on any atom is -0.479 e. The van der Waals surface area contributed by atoms with Gasteiger partial charge in [0, 0.05) is 11.4 Å². The van der Waals surface area contributed by atoms with Crippen LogP contribution in [0.3, 0.4) is 0 Å². The Labute approximate surface area is 109 Å². The summed E-state index contributed by atoms with van der Waals surface area (Å²) in [4.78, 5) is 25.9. The van der Waals surface area contributed by atoms with Gasteiger partial charge in [-0.25, -0.2) is 4.79 Å². The molecule has 18 heavy (non-hydrogen) atoms. The first kappa shape index (κ1) is 13.0.